The molecule has 2 rings (SSSR count). The van der Waals surface area contributed by atoms with Gasteiger partial charge in [-0.2, -0.15) is 13.2 Å². The molecule has 2 aromatic heterocycles. The number of carbonyl (C=O) groups excluding carboxylic acids is 1. The predicted octanol–water partition coefficient (Wildman–Crippen LogP) is 1.52. The fraction of sp³-hybridized carbons (Fsp3) is 0.429. The minimum Gasteiger partial charge on any atom is -0.479 e. The molecule has 7 nitrogen and oxygen atoms in total. The quantitative estimate of drug-likeness (QED) is 0.890. The molecule has 0 unspecified atom stereocenters. The number of aromatic nitrogens is 4. The summed E-state index contributed by atoms with van der Waals surface area (Å²) in [6.07, 6.45) is -2.98. The van der Waals surface area contributed by atoms with E-state index in [0.717, 1.165) is 6.07 Å². The Hall–Kier alpha value is -2.65. The maximum atomic E-state index is 12.7. The fourth-order valence-electron chi connectivity index (χ4n) is 2.04. The van der Waals surface area contributed by atoms with Gasteiger partial charge in [0.15, 0.2) is 0 Å². The Morgan fingerprint density at radius 3 is 2.71 bits per heavy atom. The van der Waals surface area contributed by atoms with E-state index >= 15 is 0 Å². The van der Waals surface area contributed by atoms with E-state index in [0.29, 0.717) is 0 Å². The number of nitrogens with zero attached hydrogens (tertiary/aromatic N) is 4. The van der Waals surface area contributed by atoms with Crippen molar-refractivity contribution in [2.45, 2.75) is 19.5 Å². The predicted molar refractivity (Wildman–Crippen MR) is 77.6 cm³/mol. The number of alkyl halides is 3. The summed E-state index contributed by atoms with van der Waals surface area (Å²) in [5.41, 5.74) is -0.543. The number of hydrogen-bond acceptors (Lipinski definition) is 5. The van der Waals surface area contributed by atoms with Gasteiger partial charge in [0.2, 0.25) is 5.88 Å². The number of nitrogens with one attached hydrogen (secondary N) is 1. The van der Waals surface area contributed by atoms with Crippen molar-refractivity contribution in [3.63, 3.8) is 0 Å². The number of methoxy groups -OCH3 is 1. The SMILES string of the molecule is COc1nn(C)cc1C(=O)NCCc1nc(C)cc(C(F)(F)F)n1. The first-order valence-electron chi connectivity index (χ1n) is 6.98. The molecule has 0 radical (unpaired) electrons. The summed E-state index contributed by atoms with van der Waals surface area (Å²) in [6, 6.07) is 0.878. The van der Waals surface area contributed by atoms with Crippen LogP contribution in [-0.2, 0) is 19.6 Å². The molecule has 24 heavy (non-hydrogen) atoms. The van der Waals surface area contributed by atoms with Crippen molar-refractivity contribution in [3.8, 4) is 5.88 Å². The molecule has 2 heterocycles. The van der Waals surface area contributed by atoms with Crippen molar-refractivity contribution >= 4 is 5.91 Å². The first kappa shape index (κ1) is 17.7. The third kappa shape index (κ3) is 4.21. The lowest BCUT2D eigenvalue weighted by molar-refractivity contribution is -0.141. The zero-order valence-electron chi connectivity index (χ0n) is 13.3. The average molecular weight is 343 g/mol. The molecule has 1 amide bonds. The molecule has 0 atom stereocenters. The third-order valence-electron chi connectivity index (χ3n) is 3.06. The van der Waals surface area contributed by atoms with Gasteiger partial charge in [-0.25, -0.2) is 9.97 Å². The summed E-state index contributed by atoms with van der Waals surface area (Å²) in [6.45, 7) is 1.54. The summed E-state index contributed by atoms with van der Waals surface area (Å²) in [4.78, 5) is 19.5. The van der Waals surface area contributed by atoms with Crippen LogP contribution in [-0.4, -0.2) is 39.3 Å². The van der Waals surface area contributed by atoms with E-state index in [1.54, 1.807) is 7.05 Å². The molecule has 0 aliphatic carbocycles. The smallest absolute Gasteiger partial charge is 0.433 e. The van der Waals surface area contributed by atoms with E-state index in [2.05, 4.69) is 20.4 Å². The van der Waals surface area contributed by atoms with Crippen LogP contribution in [0.2, 0.25) is 0 Å². The van der Waals surface area contributed by atoms with E-state index < -0.39 is 17.8 Å². The molecule has 0 aromatic carbocycles. The molecule has 2 aromatic rings. The Bertz CT molecular complexity index is 742. The first-order chi connectivity index (χ1) is 11.2. The Balaban J connectivity index is 2.01. The van der Waals surface area contributed by atoms with Crippen LogP contribution in [0.15, 0.2) is 12.3 Å². The van der Waals surface area contributed by atoms with Crippen molar-refractivity contribution < 1.29 is 22.7 Å². The van der Waals surface area contributed by atoms with E-state index in [-0.39, 0.29) is 35.9 Å². The molecule has 0 saturated carbocycles. The van der Waals surface area contributed by atoms with Crippen LogP contribution < -0.4 is 10.1 Å². The molecule has 10 heteroatoms. The minimum absolute atomic E-state index is 0.0146. The van der Waals surface area contributed by atoms with Crippen molar-refractivity contribution in [2.24, 2.45) is 7.05 Å². The fourth-order valence-corrected chi connectivity index (χ4v) is 2.04. The lowest BCUT2D eigenvalue weighted by atomic mass is 10.3. The summed E-state index contributed by atoms with van der Waals surface area (Å²) >= 11 is 0. The number of ether oxygens (including phenoxy) is 1. The van der Waals surface area contributed by atoms with Gasteiger partial charge in [0.1, 0.15) is 17.1 Å². The van der Waals surface area contributed by atoms with Crippen molar-refractivity contribution in [1.82, 2.24) is 25.1 Å². The highest BCUT2D eigenvalue weighted by atomic mass is 19.4. The van der Waals surface area contributed by atoms with E-state index in [4.69, 9.17) is 4.74 Å². The molecule has 0 bridgehead atoms. The normalized spacial score (nSPS) is 11.4. The van der Waals surface area contributed by atoms with Crippen LogP contribution in [0.4, 0.5) is 13.2 Å². The summed E-state index contributed by atoms with van der Waals surface area (Å²) in [5, 5.41) is 6.53. The Morgan fingerprint density at radius 1 is 1.38 bits per heavy atom. The Morgan fingerprint density at radius 2 is 2.08 bits per heavy atom. The first-order valence-corrected chi connectivity index (χ1v) is 6.98. The van der Waals surface area contributed by atoms with Gasteiger partial charge < -0.3 is 10.1 Å². The summed E-state index contributed by atoms with van der Waals surface area (Å²) < 4.78 is 44.6. The van der Waals surface area contributed by atoms with Crippen molar-refractivity contribution in [3.05, 3.63) is 35.0 Å². The second-order valence-electron chi connectivity index (χ2n) is 5.04. The van der Waals surface area contributed by atoms with Crippen LogP contribution in [0.25, 0.3) is 0 Å². The Kier molecular flexibility index (Phi) is 5.05. The van der Waals surface area contributed by atoms with Gasteiger partial charge >= 0.3 is 6.18 Å². The number of halogens is 3. The molecular formula is C14H16F3N5O2. The summed E-state index contributed by atoms with van der Waals surface area (Å²) in [7, 11) is 3.02. The van der Waals surface area contributed by atoms with Gasteiger partial charge in [-0.1, -0.05) is 0 Å². The standard InChI is InChI=1S/C14H16F3N5O2/c1-8-6-10(14(15,16)17)20-11(19-8)4-5-18-12(23)9-7-22(2)21-13(9)24-3/h6-7H,4-5H2,1-3H3,(H,18,23). The number of amides is 1. The summed E-state index contributed by atoms with van der Waals surface area (Å²) in [5.74, 6) is -0.259. The number of aryl methyl sites for hydroxylation is 2. The molecule has 0 saturated heterocycles. The van der Waals surface area contributed by atoms with Crippen LogP contribution in [0.3, 0.4) is 0 Å². The van der Waals surface area contributed by atoms with Gasteiger partial charge in [-0.05, 0) is 13.0 Å². The molecule has 1 N–H and O–H groups in total. The monoisotopic (exact) mass is 343 g/mol. The van der Waals surface area contributed by atoms with E-state index in [1.165, 1.54) is 24.9 Å². The Labute approximate surface area is 135 Å². The zero-order chi connectivity index (χ0) is 17.9. The average Bonchev–Trinajstić information content (AvgIpc) is 2.87. The number of hydrogen-bond donors (Lipinski definition) is 1. The molecule has 0 aliphatic heterocycles. The van der Waals surface area contributed by atoms with Gasteiger partial charge in [0, 0.05) is 31.9 Å². The van der Waals surface area contributed by atoms with Crippen molar-refractivity contribution in [1.29, 1.82) is 0 Å². The molecule has 0 spiro atoms. The maximum Gasteiger partial charge on any atom is 0.433 e. The molecular weight excluding hydrogens is 327 g/mol. The van der Waals surface area contributed by atoms with Crippen LogP contribution in [0.1, 0.15) is 27.6 Å². The van der Waals surface area contributed by atoms with E-state index in [9.17, 15) is 18.0 Å². The second-order valence-corrected chi connectivity index (χ2v) is 5.04. The third-order valence-corrected chi connectivity index (χ3v) is 3.06. The lowest BCUT2D eigenvalue weighted by Gasteiger charge is -2.09. The van der Waals surface area contributed by atoms with Crippen LogP contribution in [0.5, 0.6) is 5.88 Å². The number of rotatable bonds is 5. The topological polar surface area (TPSA) is 81.9 Å². The molecule has 0 fully saturated rings. The minimum atomic E-state index is -4.53. The van der Waals surface area contributed by atoms with Gasteiger partial charge in [-0.3, -0.25) is 9.48 Å². The second kappa shape index (κ2) is 6.85. The highest BCUT2D eigenvalue weighted by molar-refractivity contribution is 5.96. The lowest BCUT2D eigenvalue weighted by Crippen LogP contribution is -2.26. The van der Waals surface area contributed by atoms with Crippen LogP contribution in [0, 0.1) is 6.92 Å². The highest BCUT2D eigenvalue weighted by Gasteiger charge is 2.33. The van der Waals surface area contributed by atoms with Crippen LogP contribution >= 0.6 is 0 Å². The molecule has 0 aliphatic rings. The largest absolute Gasteiger partial charge is 0.479 e. The highest BCUT2D eigenvalue weighted by Crippen LogP contribution is 2.27. The maximum absolute atomic E-state index is 12.7. The number of carbonyl (C=O) groups is 1. The van der Waals surface area contributed by atoms with Gasteiger partial charge in [0.05, 0.1) is 7.11 Å². The zero-order valence-corrected chi connectivity index (χ0v) is 13.3. The van der Waals surface area contributed by atoms with Gasteiger partial charge in [-0.15, -0.1) is 5.10 Å². The van der Waals surface area contributed by atoms with Gasteiger partial charge in [0.25, 0.3) is 5.91 Å². The van der Waals surface area contributed by atoms with E-state index in [1.807, 2.05) is 0 Å². The van der Waals surface area contributed by atoms with Crippen molar-refractivity contribution in [2.75, 3.05) is 13.7 Å². The molecule has 130 valence electrons.